The second kappa shape index (κ2) is 5.59. The quantitative estimate of drug-likeness (QED) is 0.714. The predicted molar refractivity (Wildman–Crippen MR) is 60.1 cm³/mol. The zero-order valence-corrected chi connectivity index (χ0v) is 9.64. The van der Waals surface area contributed by atoms with Gasteiger partial charge in [-0.25, -0.2) is 4.79 Å². The molecule has 1 unspecified atom stereocenters. The molecule has 1 rings (SSSR count). The first kappa shape index (κ1) is 11.8. The van der Waals surface area contributed by atoms with Crippen molar-refractivity contribution in [3.8, 4) is 0 Å². The molecule has 1 aliphatic rings. The Morgan fingerprint density at radius 1 is 1.40 bits per heavy atom. The first-order valence-electron chi connectivity index (χ1n) is 5.50. The Bertz CT molecular complexity index is 257. The Balaban J connectivity index is 2.52. The van der Waals surface area contributed by atoms with Gasteiger partial charge in [0.25, 0.3) is 0 Å². The normalized spacial score (nSPS) is 17.9. The molecule has 1 heterocycles. The van der Waals surface area contributed by atoms with Gasteiger partial charge in [0.1, 0.15) is 0 Å². The summed E-state index contributed by atoms with van der Waals surface area (Å²) in [6.07, 6.45) is 8.49. The third-order valence-corrected chi connectivity index (χ3v) is 2.72. The zero-order chi connectivity index (χ0) is 11.3. The van der Waals surface area contributed by atoms with Gasteiger partial charge < -0.3 is 4.74 Å². The minimum Gasteiger partial charge on any atom is -0.449 e. The molecule has 0 aromatic carbocycles. The molecule has 1 aliphatic heterocycles. The Morgan fingerprint density at radius 2 is 2.00 bits per heavy atom. The van der Waals surface area contributed by atoms with Crippen molar-refractivity contribution in [3.05, 3.63) is 24.6 Å². The molecule has 0 saturated heterocycles. The summed E-state index contributed by atoms with van der Waals surface area (Å²) in [5, 5.41) is 0. The molecule has 0 fully saturated rings. The Labute approximate surface area is 91.4 Å². The lowest BCUT2D eigenvalue weighted by atomic mass is 9.91. The molecule has 3 heteroatoms. The van der Waals surface area contributed by atoms with Crippen molar-refractivity contribution < 1.29 is 9.53 Å². The van der Waals surface area contributed by atoms with Gasteiger partial charge in [0.2, 0.25) is 0 Å². The molecule has 0 bridgehead atoms. The van der Waals surface area contributed by atoms with Crippen LogP contribution in [0.15, 0.2) is 24.6 Å². The lowest BCUT2D eigenvalue weighted by molar-refractivity contribution is 0.132. The number of rotatable bonds is 3. The second-order valence-corrected chi connectivity index (χ2v) is 3.75. The smallest absolute Gasteiger partial charge is 0.417 e. The summed E-state index contributed by atoms with van der Waals surface area (Å²) in [7, 11) is 0. The molecule has 0 saturated carbocycles. The van der Waals surface area contributed by atoms with Crippen LogP contribution in [0.1, 0.15) is 27.2 Å². The van der Waals surface area contributed by atoms with Gasteiger partial charge in [0.05, 0.1) is 6.61 Å². The van der Waals surface area contributed by atoms with Crippen LogP contribution in [0.25, 0.3) is 0 Å². The minimum absolute atomic E-state index is 0.312. The molecule has 0 aliphatic carbocycles. The largest absolute Gasteiger partial charge is 0.449 e. The molecular weight excluding hydrogens is 190 g/mol. The van der Waals surface area contributed by atoms with Crippen molar-refractivity contribution in [2.75, 3.05) is 6.61 Å². The molecule has 3 nitrogen and oxygen atoms in total. The van der Waals surface area contributed by atoms with E-state index in [1.165, 1.54) is 4.90 Å². The van der Waals surface area contributed by atoms with Gasteiger partial charge in [-0.2, -0.15) is 0 Å². The molecule has 0 aromatic rings. The van der Waals surface area contributed by atoms with E-state index < -0.39 is 0 Å². The van der Waals surface area contributed by atoms with Gasteiger partial charge in [-0.05, 0) is 12.8 Å². The average molecular weight is 209 g/mol. The van der Waals surface area contributed by atoms with Crippen LogP contribution in [0.3, 0.4) is 0 Å². The van der Waals surface area contributed by atoms with E-state index in [0.717, 1.165) is 6.42 Å². The van der Waals surface area contributed by atoms with Crippen LogP contribution in [-0.2, 0) is 4.74 Å². The van der Waals surface area contributed by atoms with Crippen LogP contribution in [0.5, 0.6) is 0 Å². The fourth-order valence-electron chi connectivity index (χ4n) is 1.47. The Hall–Kier alpha value is -1.25. The summed E-state index contributed by atoms with van der Waals surface area (Å²) in [6.45, 7) is 6.59. The summed E-state index contributed by atoms with van der Waals surface area (Å²) in [6, 6.07) is 0. The topological polar surface area (TPSA) is 29.5 Å². The van der Waals surface area contributed by atoms with Crippen LogP contribution < -0.4 is 0 Å². The van der Waals surface area contributed by atoms with Crippen LogP contribution in [0.2, 0.25) is 0 Å². The second-order valence-electron chi connectivity index (χ2n) is 3.75. The van der Waals surface area contributed by atoms with Crippen molar-refractivity contribution in [2.45, 2.75) is 27.2 Å². The molecule has 1 atom stereocenters. The molecule has 0 N–H and O–H groups in total. The van der Waals surface area contributed by atoms with Gasteiger partial charge in [0, 0.05) is 18.3 Å². The maximum Gasteiger partial charge on any atom is 0.417 e. The molecule has 0 spiro atoms. The van der Waals surface area contributed by atoms with E-state index in [-0.39, 0.29) is 6.09 Å². The fraction of sp³-hybridized carbons (Fsp3) is 0.583. The molecule has 84 valence electrons. The van der Waals surface area contributed by atoms with Crippen LogP contribution in [-0.4, -0.2) is 17.6 Å². The van der Waals surface area contributed by atoms with Gasteiger partial charge in [-0.1, -0.05) is 32.4 Å². The maximum atomic E-state index is 11.3. The third kappa shape index (κ3) is 3.11. The molecule has 15 heavy (non-hydrogen) atoms. The van der Waals surface area contributed by atoms with E-state index in [1.807, 2.05) is 12.2 Å². The lowest BCUT2D eigenvalue weighted by Crippen LogP contribution is -2.24. The number of nitrogens with zero attached hydrogens (tertiary/aromatic N) is 1. The Morgan fingerprint density at radius 3 is 2.47 bits per heavy atom. The number of carbonyl (C=O) groups is 1. The van der Waals surface area contributed by atoms with E-state index in [0.29, 0.717) is 18.4 Å². The lowest BCUT2D eigenvalue weighted by Gasteiger charge is -2.22. The van der Waals surface area contributed by atoms with Crippen LogP contribution in [0, 0.1) is 11.8 Å². The monoisotopic (exact) mass is 209 g/mol. The number of hydrogen-bond donors (Lipinski definition) is 0. The highest BCUT2D eigenvalue weighted by Gasteiger charge is 2.16. The minimum atomic E-state index is -0.312. The molecule has 0 radical (unpaired) electrons. The van der Waals surface area contributed by atoms with E-state index in [1.54, 1.807) is 19.3 Å². The van der Waals surface area contributed by atoms with Crippen LogP contribution in [0.4, 0.5) is 4.79 Å². The van der Waals surface area contributed by atoms with Gasteiger partial charge in [0.15, 0.2) is 0 Å². The first-order valence-corrected chi connectivity index (χ1v) is 5.50. The number of allylic oxidation sites excluding steroid dienone is 2. The fourth-order valence-corrected chi connectivity index (χ4v) is 1.47. The summed E-state index contributed by atoms with van der Waals surface area (Å²) >= 11 is 0. The standard InChI is InChI=1S/C12H19NO2/c1-4-10(3)11-6-8-13(9-7-11)12(14)15-5-2/h6-11H,4-5H2,1-3H3. The zero-order valence-electron chi connectivity index (χ0n) is 9.64. The molecule has 0 aromatic heterocycles. The highest BCUT2D eigenvalue weighted by atomic mass is 16.5. The van der Waals surface area contributed by atoms with Crippen molar-refractivity contribution in [2.24, 2.45) is 11.8 Å². The summed E-state index contributed by atoms with van der Waals surface area (Å²) in [5.41, 5.74) is 0. The highest BCUT2D eigenvalue weighted by Crippen LogP contribution is 2.21. The van der Waals surface area contributed by atoms with Gasteiger partial charge in [-0.15, -0.1) is 0 Å². The highest BCUT2D eigenvalue weighted by molar-refractivity contribution is 5.70. The van der Waals surface area contributed by atoms with E-state index >= 15 is 0 Å². The number of amides is 1. The van der Waals surface area contributed by atoms with Gasteiger partial charge in [-0.3, -0.25) is 4.90 Å². The third-order valence-electron chi connectivity index (χ3n) is 2.72. The van der Waals surface area contributed by atoms with E-state index in [2.05, 4.69) is 13.8 Å². The van der Waals surface area contributed by atoms with E-state index in [9.17, 15) is 4.79 Å². The Kier molecular flexibility index (Phi) is 4.40. The summed E-state index contributed by atoms with van der Waals surface area (Å²) < 4.78 is 4.89. The average Bonchev–Trinajstić information content (AvgIpc) is 2.28. The molecular formula is C12H19NO2. The van der Waals surface area contributed by atoms with Crippen LogP contribution >= 0.6 is 0 Å². The van der Waals surface area contributed by atoms with Crippen molar-refractivity contribution in [1.82, 2.24) is 4.90 Å². The molecule has 1 amide bonds. The first-order chi connectivity index (χ1) is 7.19. The van der Waals surface area contributed by atoms with Crippen molar-refractivity contribution in [1.29, 1.82) is 0 Å². The number of hydrogen-bond acceptors (Lipinski definition) is 2. The van der Waals surface area contributed by atoms with E-state index in [4.69, 9.17) is 4.74 Å². The van der Waals surface area contributed by atoms with Gasteiger partial charge >= 0.3 is 6.09 Å². The van der Waals surface area contributed by atoms with Crippen molar-refractivity contribution in [3.63, 3.8) is 0 Å². The number of carbonyl (C=O) groups excluding carboxylic acids is 1. The predicted octanol–water partition coefficient (Wildman–Crippen LogP) is 3.15. The SMILES string of the molecule is CCOC(=O)N1C=CC(C(C)CC)C=C1. The summed E-state index contributed by atoms with van der Waals surface area (Å²) in [5.74, 6) is 1.04. The van der Waals surface area contributed by atoms with Crippen molar-refractivity contribution >= 4 is 6.09 Å². The summed E-state index contributed by atoms with van der Waals surface area (Å²) in [4.78, 5) is 12.8. The number of ether oxygens (including phenoxy) is 1. The maximum absolute atomic E-state index is 11.3.